The molecule has 0 bridgehead atoms. The van der Waals surface area contributed by atoms with Gasteiger partial charge in [-0.25, -0.2) is 17.4 Å². The van der Waals surface area contributed by atoms with E-state index in [0.717, 1.165) is 30.5 Å². The maximum Gasteiger partial charge on any atom is 0.268 e. The average Bonchev–Trinajstić information content (AvgIpc) is 3.38. The molecule has 4 aromatic rings. The molecule has 2 aromatic carbocycles. The molecule has 2 fully saturated rings. The van der Waals surface area contributed by atoms with Crippen LogP contribution in [0.2, 0.25) is 0 Å². The second-order valence-corrected chi connectivity index (χ2v) is 13.5. The van der Waals surface area contributed by atoms with Crippen molar-refractivity contribution in [1.29, 1.82) is 0 Å². The van der Waals surface area contributed by atoms with Gasteiger partial charge in [0.15, 0.2) is 0 Å². The summed E-state index contributed by atoms with van der Waals surface area (Å²) in [7, 11) is -3.77. The van der Waals surface area contributed by atoms with Gasteiger partial charge in [0.2, 0.25) is 5.95 Å². The number of fused-ring (bicyclic) bond motifs is 1. The monoisotopic (exact) mass is 574 g/mol. The number of aromatic nitrogens is 2. The summed E-state index contributed by atoms with van der Waals surface area (Å²) in [6, 6.07) is 20.5. The van der Waals surface area contributed by atoms with E-state index in [0.29, 0.717) is 36.1 Å². The van der Waals surface area contributed by atoms with Gasteiger partial charge in [-0.05, 0) is 68.0 Å². The van der Waals surface area contributed by atoms with Gasteiger partial charge in [-0.3, -0.25) is 4.90 Å². The molecule has 41 heavy (non-hydrogen) atoms. The van der Waals surface area contributed by atoms with Gasteiger partial charge in [0, 0.05) is 55.6 Å². The van der Waals surface area contributed by atoms with Crippen LogP contribution >= 0.6 is 0 Å². The van der Waals surface area contributed by atoms with Crippen LogP contribution in [-0.4, -0.2) is 52.9 Å². The number of pyridine rings is 1. The SMILES string of the molecule is O=S(=O)(c1ccccc1)n1cc(CN(Cc2cccnc2F)CC2CCCN(C3CCCCC3)C2)c2ccccc21. The summed E-state index contributed by atoms with van der Waals surface area (Å²) < 4.78 is 43.5. The molecule has 1 saturated heterocycles. The Balaban J connectivity index is 1.30. The highest BCUT2D eigenvalue weighted by atomic mass is 32.2. The summed E-state index contributed by atoms with van der Waals surface area (Å²) in [5.41, 5.74) is 2.14. The molecule has 1 unspecified atom stereocenters. The smallest absolute Gasteiger partial charge is 0.268 e. The molecule has 2 aliphatic rings. The number of rotatable bonds is 9. The Morgan fingerprint density at radius 1 is 0.854 bits per heavy atom. The minimum atomic E-state index is -3.77. The summed E-state index contributed by atoms with van der Waals surface area (Å²) in [6.07, 6.45) is 12.2. The second-order valence-electron chi connectivity index (χ2n) is 11.7. The summed E-state index contributed by atoms with van der Waals surface area (Å²) in [4.78, 5) is 9.14. The molecule has 0 amide bonds. The fraction of sp³-hybridized carbons (Fsp3) is 0.424. The lowest BCUT2D eigenvalue weighted by Crippen LogP contribution is -2.46. The standard InChI is InChI=1S/C33H39FN4O2S/c34-33-27(12-9-19-35-33)23-36(21-26-11-10-20-37(22-26)29-13-3-1-4-14-29)24-28-25-38(32-18-8-7-17-31(28)32)41(39,40)30-15-5-2-6-16-30/h2,5-9,12,15-19,25-26,29H,1,3-4,10-11,13-14,20-24H2. The predicted molar refractivity (Wildman–Crippen MR) is 160 cm³/mol. The molecule has 0 N–H and O–H groups in total. The second kappa shape index (κ2) is 12.4. The lowest BCUT2D eigenvalue weighted by Gasteiger charge is -2.41. The van der Waals surface area contributed by atoms with E-state index in [9.17, 15) is 12.8 Å². The van der Waals surface area contributed by atoms with E-state index in [2.05, 4.69) is 14.8 Å². The molecular formula is C33H39FN4O2S. The summed E-state index contributed by atoms with van der Waals surface area (Å²) in [6.45, 7) is 4.00. The molecule has 1 aliphatic heterocycles. The zero-order valence-electron chi connectivity index (χ0n) is 23.5. The number of nitrogens with zero attached hydrogens (tertiary/aromatic N) is 4. The van der Waals surface area contributed by atoms with Crippen LogP contribution in [0, 0.1) is 11.9 Å². The minimum Gasteiger partial charge on any atom is -0.300 e. The number of benzene rings is 2. The largest absolute Gasteiger partial charge is 0.300 e. The molecule has 0 spiro atoms. The van der Waals surface area contributed by atoms with Crippen LogP contribution in [0.5, 0.6) is 0 Å². The Labute approximate surface area is 242 Å². The summed E-state index contributed by atoms with van der Waals surface area (Å²) in [5.74, 6) is 0.0332. The Hall–Kier alpha value is -3.07. The van der Waals surface area contributed by atoms with E-state index < -0.39 is 16.0 Å². The highest BCUT2D eigenvalue weighted by Gasteiger charge is 2.29. The molecule has 1 atom stereocenters. The van der Waals surface area contributed by atoms with Gasteiger partial charge in [0.1, 0.15) is 0 Å². The Kier molecular flexibility index (Phi) is 8.51. The number of hydrogen-bond donors (Lipinski definition) is 0. The molecule has 3 heterocycles. The Bertz CT molecular complexity index is 1570. The van der Waals surface area contributed by atoms with Crippen LogP contribution in [-0.2, 0) is 23.1 Å². The molecule has 8 heteroatoms. The number of hydrogen-bond acceptors (Lipinski definition) is 5. The van der Waals surface area contributed by atoms with Crippen LogP contribution in [0.3, 0.4) is 0 Å². The molecule has 6 nitrogen and oxygen atoms in total. The fourth-order valence-electron chi connectivity index (χ4n) is 6.84. The zero-order chi connectivity index (χ0) is 28.2. The molecule has 0 radical (unpaired) electrons. The third kappa shape index (κ3) is 6.25. The first-order valence-electron chi connectivity index (χ1n) is 14.9. The topological polar surface area (TPSA) is 58.4 Å². The minimum absolute atomic E-state index is 0.256. The van der Waals surface area contributed by atoms with Crippen molar-refractivity contribution in [2.24, 2.45) is 5.92 Å². The van der Waals surface area contributed by atoms with Crippen LogP contribution in [0.1, 0.15) is 56.1 Å². The van der Waals surface area contributed by atoms with Gasteiger partial charge in [-0.15, -0.1) is 0 Å². The maximum absolute atomic E-state index is 14.7. The number of halogens is 1. The zero-order valence-corrected chi connectivity index (χ0v) is 24.4. The normalized spacial score (nSPS) is 19.2. The first-order chi connectivity index (χ1) is 20.0. The first kappa shape index (κ1) is 28.1. The van der Waals surface area contributed by atoms with Gasteiger partial charge in [0.05, 0.1) is 10.4 Å². The van der Waals surface area contributed by atoms with Crippen LogP contribution < -0.4 is 0 Å². The van der Waals surface area contributed by atoms with Gasteiger partial charge < -0.3 is 4.90 Å². The van der Waals surface area contributed by atoms with Gasteiger partial charge in [-0.2, -0.15) is 4.39 Å². The summed E-state index contributed by atoms with van der Waals surface area (Å²) >= 11 is 0. The van der Waals surface area contributed by atoms with Crippen molar-refractivity contribution < 1.29 is 12.8 Å². The van der Waals surface area contributed by atoms with E-state index >= 15 is 0 Å². The van der Waals surface area contributed by atoms with Crippen LogP contribution in [0.25, 0.3) is 10.9 Å². The van der Waals surface area contributed by atoms with Gasteiger partial charge >= 0.3 is 0 Å². The van der Waals surface area contributed by atoms with Crippen LogP contribution in [0.15, 0.2) is 84.0 Å². The van der Waals surface area contributed by atoms with Crippen molar-refractivity contribution in [3.8, 4) is 0 Å². The molecular weight excluding hydrogens is 535 g/mol. The highest BCUT2D eigenvalue weighted by molar-refractivity contribution is 7.90. The van der Waals surface area contributed by atoms with Crippen molar-refractivity contribution in [2.45, 2.75) is 69.0 Å². The molecule has 2 aromatic heterocycles. The van der Waals surface area contributed by atoms with Crippen LogP contribution in [0.4, 0.5) is 4.39 Å². The van der Waals surface area contributed by atoms with E-state index in [1.165, 1.54) is 55.2 Å². The molecule has 216 valence electrons. The number of likely N-dealkylation sites (tertiary alicyclic amines) is 1. The molecule has 6 rings (SSSR count). The number of para-hydroxylation sites is 1. The van der Waals surface area contributed by atoms with Gasteiger partial charge in [-0.1, -0.05) is 61.7 Å². The number of piperidine rings is 1. The van der Waals surface area contributed by atoms with E-state index in [1.807, 2.05) is 30.3 Å². The quantitative estimate of drug-likeness (QED) is 0.215. The predicted octanol–water partition coefficient (Wildman–Crippen LogP) is 6.46. The van der Waals surface area contributed by atoms with Crippen molar-refractivity contribution in [3.63, 3.8) is 0 Å². The average molecular weight is 575 g/mol. The molecule has 1 aliphatic carbocycles. The lowest BCUT2D eigenvalue weighted by atomic mass is 9.90. The van der Waals surface area contributed by atoms with Crippen molar-refractivity contribution in [3.05, 3.63) is 96.2 Å². The highest BCUT2D eigenvalue weighted by Crippen LogP contribution is 2.30. The Morgan fingerprint density at radius 2 is 1.61 bits per heavy atom. The summed E-state index contributed by atoms with van der Waals surface area (Å²) in [5, 5.41) is 0.899. The van der Waals surface area contributed by atoms with Crippen molar-refractivity contribution in [1.82, 2.24) is 18.8 Å². The van der Waals surface area contributed by atoms with Gasteiger partial charge in [0.25, 0.3) is 10.0 Å². The third-order valence-corrected chi connectivity index (χ3v) is 10.5. The van der Waals surface area contributed by atoms with Crippen molar-refractivity contribution in [2.75, 3.05) is 19.6 Å². The van der Waals surface area contributed by atoms with Crippen molar-refractivity contribution >= 4 is 20.9 Å². The maximum atomic E-state index is 14.7. The Morgan fingerprint density at radius 3 is 2.41 bits per heavy atom. The fourth-order valence-corrected chi connectivity index (χ4v) is 8.25. The van der Waals surface area contributed by atoms with E-state index in [1.54, 1.807) is 42.6 Å². The van der Waals surface area contributed by atoms with E-state index in [4.69, 9.17) is 0 Å². The molecule has 1 saturated carbocycles. The first-order valence-corrected chi connectivity index (χ1v) is 16.4. The lowest BCUT2D eigenvalue weighted by molar-refractivity contribution is 0.0769. The third-order valence-electron chi connectivity index (χ3n) is 8.84. The van der Waals surface area contributed by atoms with E-state index in [-0.39, 0.29) is 4.90 Å².